The maximum Gasteiger partial charge on any atom is 0 e. The van der Waals surface area contributed by atoms with Gasteiger partial charge >= 0.3 is 0 Å². The maximum atomic E-state index is 2.16. The molecule has 0 N–H and O–H groups in total. The normalized spacial score (nSPS) is 7.08. The van der Waals surface area contributed by atoms with Crippen LogP contribution in [0.5, 0.6) is 0 Å². The lowest BCUT2D eigenvalue weighted by atomic mass is 10.2. The Bertz CT molecular complexity index is 149. The second kappa shape index (κ2) is 14.2. The van der Waals surface area contributed by atoms with Crippen molar-refractivity contribution in [1.29, 1.82) is 0 Å². The Morgan fingerprint density at radius 1 is 1.00 bits per heavy atom. The van der Waals surface area contributed by atoms with Crippen molar-refractivity contribution in [2.24, 2.45) is 0 Å². The summed E-state index contributed by atoms with van der Waals surface area (Å²) in [7, 11) is 0. The third kappa shape index (κ3) is 8.77. The maximum absolute atomic E-state index is 2.16. The summed E-state index contributed by atoms with van der Waals surface area (Å²) < 4.78 is 0. The van der Waals surface area contributed by atoms with E-state index in [9.17, 15) is 0 Å². The lowest BCUT2D eigenvalue weighted by Gasteiger charge is -1.89. The number of aryl methyl sites for hydroxylation is 1. The van der Waals surface area contributed by atoms with Gasteiger partial charge < -0.3 is 0 Å². The van der Waals surface area contributed by atoms with E-state index in [1.165, 1.54) is 5.56 Å². The summed E-state index contributed by atoms with van der Waals surface area (Å²) in [5.74, 6) is 0. The topological polar surface area (TPSA) is 0 Å². The van der Waals surface area contributed by atoms with E-state index in [-0.39, 0.29) is 0 Å². The summed E-state index contributed by atoms with van der Waals surface area (Å²) in [6.45, 7) is 6.16. The van der Waals surface area contributed by atoms with Crippen molar-refractivity contribution in [3.05, 3.63) is 35.9 Å². The molecule has 0 aliphatic rings. The van der Waals surface area contributed by atoms with Crippen LogP contribution in [0.25, 0.3) is 0 Å². The van der Waals surface area contributed by atoms with Gasteiger partial charge in [0.05, 0.1) is 0 Å². The highest BCUT2D eigenvalue weighted by atomic mass is 128. The van der Waals surface area contributed by atoms with Crippen LogP contribution in [0, 0.1) is 0 Å². The Hall–Kier alpha value is 0.680. The third-order valence-corrected chi connectivity index (χ3v) is 1.25. The number of hydrogen-bond donors (Lipinski definition) is 0. The molecule has 0 radical (unpaired) electrons. The van der Waals surface area contributed by atoms with Crippen molar-refractivity contribution in [2.45, 2.75) is 27.2 Å². The molecule has 0 unspecified atom stereocenters. The molecule has 1 aromatic rings. The van der Waals surface area contributed by atoms with Crippen molar-refractivity contribution in [1.82, 2.24) is 0 Å². The molecule has 1 rings (SSSR count). The number of hydrogen-bond acceptors (Lipinski definition) is 0. The van der Waals surface area contributed by atoms with Crippen LogP contribution in [0.15, 0.2) is 30.3 Å². The molecular weight excluding hydrogens is 374 g/mol. The molecule has 0 aromatic heterocycles. The Balaban J connectivity index is 0. The summed E-state index contributed by atoms with van der Waals surface area (Å²) >= 11 is 4.24. The summed E-state index contributed by atoms with van der Waals surface area (Å²) in [6, 6.07) is 10.5. The Labute approximate surface area is 99.5 Å². The van der Waals surface area contributed by atoms with Gasteiger partial charge in [-0.25, -0.2) is 0 Å². The Kier molecular flexibility index (Phi) is 18.0. The number of benzene rings is 1. The van der Waals surface area contributed by atoms with Crippen molar-refractivity contribution in [3.63, 3.8) is 0 Å². The fourth-order valence-electron chi connectivity index (χ4n) is 0.714. The predicted octanol–water partition coefficient (Wildman–Crippen LogP) is 5.05. The molecule has 12 heavy (non-hydrogen) atoms. The van der Waals surface area contributed by atoms with Gasteiger partial charge in [0.2, 0.25) is 0 Å². The lowest BCUT2D eigenvalue weighted by molar-refractivity contribution is 1.14. The molecule has 70 valence electrons. The molecule has 0 heterocycles. The summed E-state index contributed by atoms with van der Waals surface area (Å²) in [4.78, 5) is 0. The summed E-state index contributed by atoms with van der Waals surface area (Å²) in [5.41, 5.74) is 1.41. The highest BCUT2D eigenvalue weighted by Gasteiger charge is 1.79. The first kappa shape index (κ1) is 15.2. The molecule has 0 amide bonds. The molecule has 0 saturated heterocycles. The van der Waals surface area contributed by atoms with E-state index in [2.05, 4.69) is 68.4 Å². The monoisotopic (exact) mass is 390 g/mol. The van der Waals surface area contributed by atoms with Crippen molar-refractivity contribution in [3.8, 4) is 0 Å². The molecule has 0 atom stereocenters. The molecule has 0 spiro atoms. The first-order valence-corrected chi connectivity index (χ1v) is 10.4. The van der Waals surface area contributed by atoms with E-state index in [0.717, 1.165) is 6.42 Å². The van der Waals surface area contributed by atoms with Gasteiger partial charge in [0.25, 0.3) is 0 Å². The summed E-state index contributed by atoms with van der Waals surface area (Å²) in [6.07, 6.45) is 1.14. The van der Waals surface area contributed by atoms with Crippen LogP contribution in [0.4, 0.5) is 0 Å². The lowest BCUT2D eigenvalue weighted by Crippen LogP contribution is -1.73. The highest BCUT2D eigenvalue weighted by Crippen LogP contribution is 1.96. The molecular formula is C10H16I2. The Morgan fingerprint density at radius 2 is 1.42 bits per heavy atom. The average Bonchev–Trinajstić information content (AvgIpc) is 2.25. The van der Waals surface area contributed by atoms with Gasteiger partial charge in [-0.15, -0.1) is 0 Å². The van der Waals surface area contributed by atoms with E-state index in [1.54, 1.807) is 0 Å². The van der Waals surface area contributed by atoms with Crippen molar-refractivity contribution < 1.29 is 0 Å². The first-order chi connectivity index (χ1) is 5.93. The van der Waals surface area contributed by atoms with E-state index < -0.39 is 0 Å². The van der Waals surface area contributed by atoms with Crippen LogP contribution >= 0.6 is 37.2 Å². The second-order valence-corrected chi connectivity index (χ2v) is 1.84. The molecule has 0 saturated carbocycles. The number of rotatable bonds is 1. The molecule has 0 bridgehead atoms. The van der Waals surface area contributed by atoms with Crippen LogP contribution in [0.3, 0.4) is 0 Å². The van der Waals surface area contributed by atoms with E-state index in [4.69, 9.17) is 0 Å². The minimum atomic E-state index is 1.14. The quantitative estimate of drug-likeness (QED) is 0.590. The predicted molar refractivity (Wildman–Crippen MR) is 75.2 cm³/mol. The first-order valence-electron chi connectivity index (χ1n) is 4.11. The Morgan fingerprint density at radius 3 is 1.67 bits per heavy atom. The zero-order valence-corrected chi connectivity index (χ0v) is 12.2. The zero-order chi connectivity index (χ0) is 9.82. The third-order valence-electron chi connectivity index (χ3n) is 1.25. The second-order valence-electron chi connectivity index (χ2n) is 1.84. The van der Waals surface area contributed by atoms with Gasteiger partial charge in [-0.1, -0.05) is 51.1 Å². The minimum absolute atomic E-state index is 1.14. The standard InChI is InChI=1S/C8H10.C2H6.I2/c1-2-8-6-4-3-5-7-8;2*1-2/h3-7H,2H2,1H3;1-2H3;. The van der Waals surface area contributed by atoms with Gasteiger partial charge in [0, 0.05) is 37.2 Å². The largest absolute Gasteiger partial charge is 0.0683 e. The molecule has 1 aromatic carbocycles. The highest BCUT2D eigenvalue weighted by molar-refractivity contribution is 15.0. The molecule has 0 aliphatic carbocycles. The SMILES string of the molecule is CC.CCc1ccccc1.II. The minimum Gasteiger partial charge on any atom is -0.0683 e. The van der Waals surface area contributed by atoms with Gasteiger partial charge in [0.15, 0.2) is 0 Å². The van der Waals surface area contributed by atoms with E-state index in [0.29, 0.717) is 0 Å². The van der Waals surface area contributed by atoms with Crippen LogP contribution in [-0.4, -0.2) is 0 Å². The molecule has 0 fully saturated rings. The fraction of sp³-hybridized carbons (Fsp3) is 0.400. The fourth-order valence-corrected chi connectivity index (χ4v) is 0.714. The van der Waals surface area contributed by atoms with Crippen LogP contribution in [0.2, 0.25) is 0 Å². The summed E-state index contributed by atoms with van der Waals surface area (Å²) in [5, 5.41) is 0. The molecule has 2 heteroatoms. The van der Waals surface area contributed by atoms with E-state index >= 15 is 0 Å². The van der Waals surface area contributed by atoms with Gasteiger partial charge in [-0.3, -0.25) is 0 Å². The van der Waals surface area contributed by atoms with Crippen LogP contribution in [-0.2, 0) is 6.42 Å². The molecule has 0 nitrogen and oxygen atoms in total. The van der Waals surface area contributed by atoms with Crippen LogP contribution in [0.1, 0.15) is 26.3 Å². The van der Waals surface area contributed by atoms with E-state index in [1.807, 2.05) is 19.9 Å². The zero-order valence-electron chi connectivity index (χ0n) is 7.85. The van der Waals surface area contributed by atoms with Crippen molar-refractivity contribution >= 4 is 37.2 Å². The van der Waals surface area contributed by atoms with Gasteiger partial charge in [0.1, 0.15) is 0 Å². The number of halogens is 2. The smallest absolute Gasteiger partial charge is 0 e. The molecule has 0 aliphatic heterocycles. The van der Waals surface area contributed by atoms with Gasteiger partial charge in [-0.05, 0) is 12.0 Å². The van der Waals surface area contributed by atoms with Crippen molar-refractivity contribution in [2.75, 3.05) is 0 Å². The van der Waals surface area contributed by atoms with Crippen LogP contribution < -0.4 is 0 Å². The van der Waals surface area contributed by atoms with Gasteiger partial charge in [-0.2, -0.15) is 0 Å². The average molecular weight is 390 g/mol.